The van der Waals surface area contributed by atoms with Crippen molar-refractivity contribution in [1.82, 2.24) is 4.90 Å². The van der Waals surface area contributed by atoms with Crippen LogP contribution in [0.15, 0.2) is 105 Å². The smallest absolute Gasteiger partial charge is 0.267 e. The van der Waals surface area contributed by atoms with E-state index in [2.05, 4.69) is 15.5 Å². The minimum absolute atomic E-state index is 0.157. The molecule has 12 heteroatoms. The van der Waals surface area contributed by atoms with E-state index in [-0.39, 0.29) is 19.1 Å². The number of anilines is 2. The molecule has 0 atom stereocenters. The molecule has 1 fully saturated rings. The number of ether oxygens (including phenoxy) is 1. The number of thioether (sulfide) groups is 1. The number of amidine groups is 1. The Bertz CT molecular complexity index is 1720. The van der Waals surface area contributed by atoms with E-state index in [9.17, 15) is 14.0 Å². The minimum atomic E-state index is -0.440. The number of hydrogen-bond acceptors (Lipinski definition) is 8. The fraction of sp³-hybridized carbons (Fsp3) is 0.125. The van der Waals surface area contributed by atoms with E-state index < -0.39 is 11.7 Å². The van der Waals surface area contributed by atoms with Gasteiger partial charge in [-0.25, -0.2) is 4.39 Å². The lowest BCUT2D eigenvalue weighted by atomic mass is 10.2. The highest BCUT2D eigenvalue weighted by molar-refractivity contribution is 8.18. The van der Waals surface area contributed by atoms with Crippen molar-refractivity contribution in [3.8, 4) is 5.75 Å². The van der Waals surface area contributed by atoms with Crippen LogP contribution in [0.1, 0.15) is 16.9 Å². The van der Waals surface area contributed by atoms with Crippen molar-refractivity contribution >= 4 is 64.0 Å². The summed E-state index contributed by atoms with van der Waals surface area (Å²) in [4.78, 5) is 29.8. The van der Waals surface area contributed by atoms with Crippen LogP contribution in [-0.4, -0.2) is 48.8 Å². The summed E-state index contributed by atoms with van der Waals surface area (Å²) in [6, 6.07) is 21.6. The summed E-state index contributed by atoms with van der Waals surface area (Å²) in [5.74, 6) is -0.239. The van der Waals surface area contributed by atoms with E-state index in [1.54, 1.807) is 42.6 Å². The number of nitrogens with zero attached hydrogens (tertiary/aromatic N) is 4. The summed E-state index contributed by atoms with van der Waals surface area (Å²) in [5, 5.41) is 12.0. The second-order valence-corrected chi connectivity index (χ2v) is 11.2. The van der Waals surface area contributed by atoms with E-state index in [0.717, 1.165) is 23.0 Å². The zero-order chi connectivity index (χ0) is 31.1. The van der Waals surface area contributed by atoms with Gasteiger partial charge in [-0.3, -0.25) is 14.5 Å². The molecule has 3 aromatic carbocycles. The molecule has 9 nitrogen and oxygen atoms in total. The second-order valence-electron chi connectivity index (χ2n) is 9.72. The van der Waals surface area contributed by atoms with Gasteiger partial charge in [-0.2, -0.15) is 5.10 Å². The van der Waals surface area contributed by atoms with Gasteiger partial charge < -0.3 is 19.4 Å². The Hall–Kier alpha value is -4.87. The Morgan fingerprint density at radius 2 is 1.89 bits per heavy atom. The molecule has 2 amide bonds. The lowest BCUT2D eigenvalue weighted by Crippen LogP contribution is -2.28. The number of benzene rings is 3. The minimum Gasteiger partial charge on any atom is -0.483 e. The molecule has 5 rings (SSSR count). The summed E-state index contributed by atoms with van der Waals surface area (Å²) >= 11 is 7.42. The number of hydrogen-bond donors (Lipinski definition) is 1. The van der Waals surface area contributed by atoms with Gasteiger partial charge in [0.25, 0.3) is 11.8 Å². The molecule has 1 aliphatic rings. The van der Waals surface area contributed by atoms with Crippen LogP contribution in [0.5, 0.6) is 5.75 Å². The molecule has 2 heterocycles. The van der Waals surface area contributed by atoms with Gasteiger partial charge in [0.1, 0.15) is 17.3 Å². The first kappa shape index (κ1) is 30.6. The molecule has 0 bridgehead atoms. The van der Waals surface area contributed by atoms with Crippen molar-refractivity contribution in [3.05, 3.63) is 118 Å². The Morgan fingerprint density at radius 3 is 2.59 bits per heavy atom. The first-order chi connectivity index (χ1) is 21.2. The number of amides is 2. The summed E-state index contributed by atoms with van der Waals surface area (Å²) in [5.41, 5.74) is 2.84. The second kappa shape index (κ2) is 14.1. The molecule has 4 aromatic rings. The van der Waals surface area contributed by atoms with Crippen molar-refractivity contribution in [2.24, 2.45) is 10.2 Å². The van der Waals surface area contributed by atoms with Gasteiger partial charge in [0.2, 0.25) is 0 Å². The maximum absolute atomic E-state index is 13.6. The van der Waals surface area contributed by atoms with Gasteiger partial charge in [-0.05, 0) is 90.1 Å². The maximum Gasteiger partial charge on any atom is 0.267 e. The van der Waals surface area contributed by atoms with Crippen LogP contribution in [0.4, 0.5) is 15.8 Å². The highest BCUT2D eigenvalue weighted by atomic mass is 35.5. The van der Waals surface area contributed by atoms with Crippen molar-refractivity contribution in [2.45, 2.75) is 6.54 Å². The highest BCUT2D eigenvalue weighted by Gasteiger charge is 2.34. The maximum atomic E-state index is 13.6. The highest BCUT2D eigenvalue weighted by Crippen LogP contribution is 2.36. The van der Waals surface area contributed by atoms with Crippen LogP contribution in [0.2, 0.25) is 5.02 Å². The third-order valence-electron chi connectivity index (χ3n) is 6.29. The Morgan fingerprint density at radius 1 is 1.11 bits per heavy atom. The largest absolute Gasteiger partial charge is 0.483 e. The van der Waals surface area contributed by atoms with E-state index in [1.807, 2.05) is 43.3 Å². The van der Waals surface area contributed by atoms with E-state index >= 15 is 0 Å². The number of carbonyl (C=O) groups is 2. The van der Waals surface area contributed by atoms with Crippen LogP contribution in [0.25, 0.3) is 6.08 Å². The molecule has 0 aliphatic carbocycles. The molecule has 224 valence electrons. The summed E-state index contributed by atoms with van der Waals surface area (Å²) in [6.45, 7) is -0.164. The van der Waals surface area contributed by atoms with Gasteiger partial charge in [-0.15, -0.1) is 5.10 Å². The topological polar surface area (TPSA) is 99.7 Å². The average molecular weight is 632 g/mol. The normalized spacial score (nSPS) is 15.0. The van der Waals surface area contributed by atoms with E-state index in [0.29, 0.717) is 37.9 Å². The molecule has 1 aromatic heterocycles. The molecular formula is C32H27ClFN5O4S. The molecule has 0 saturated carbocycles. The number of nitrogens with one attached hydrogen (secondary N) is 1. The quantitative estimate of drug-likeness (QED) is 0.119. The van der Waals surface area contributed by atoms with E-state index in [4.69, 9.17) is 20.8 Å². The average Bonchev–Trinajstić information content (AvgIpc) is 3.62. The van der Waals surface area contributed by atoms with Gasteiger partial charge in [0, 0.05) is 36.1 Å². The van der Waals surface area contributed by atoms with Gasteiger partial charge in [-0.1, -0.05) is 23.7 Å². The zero-order valence-corrected chi connectivity index (χ0v) is 25.3. The van der Waals surface area contributed by atoms with Gasteiger partial charge >= 0.3 is 0 Å². The molecule has 1 aliphatic heterocycles. The fourth-order valence-electron chi connectivity index (χ4n) is 4.06. The SMILES string of the molecule is CN(C)c1ccc(/C=N\N=C2\S/C(=C\c3cc(Cl)ccc3OCC(=O)Nc3ccc(F)cc3)C(=O)N2Cc2ccco2)cc1. The molecule has 1 N–H and O–H groups in total. The Balaban J connectivity index is 1.35. The van der Waals surface area contributed by atoms with Gasteiger partial charge in [0.05, 0.1) is 23.9 Å². The van der Waals surface area contributed by atoms with Crippen molar-refractivity contribution < 1.29 is 23.1 Å². The van der Waals surface area contributed by atoms with Crippen LogP contribution in [0.3, 0.4) is 0 Å². The molecular weight excluding hydrogens is 605 g/mol. The molecule has 1 saturated heterocycles. The predicted octanol–water partition coefficient (Wildman–Crippen LogP) is 6.66. The number of carbonyl (C=O) groups excluding carboxylic acids is 2. The molecule has 0 spiro atoms. The van der Waals surface area contributed by atoms with Crippen LogP contribution < -0.4 is 15.0 Å². The number of halogens is 2. The van der Waals surface area contributed by atoms with Crippen LogP contribution in [0, 0.1) is 5.82 Å². The van der Waals surface area contributed by atoms with Crippen LogP contribution >= 0.6 is 23.4 Å². The summed E-state index contributed by atoms with van der Waals surface area (Å²) < 4.78 is 24.4. The lowest BCUT2D eigenvalue weighted by Gasteiger charge is -2.13. The Kier molecular flexibility index (Phi) is 9.78. The molecule has 0 radical (unpaired) electrons. The third kappa shape index (κ3) is 7.94. The zero-order valence-electron chi connectivity index (χ0n) is 23.7. The predicted molar refractivity (Wildman–Crippen MR) is 173 cm³/mol. The van der Waals surface area contributed by atoms with Crippen LogP contribution in [-0.2, 0) is 16.1 Å². The monoisotopic (exact) mass is 631 g/mol. The number of rotatable bonds is 10. The summed E-state index contributed by atoms with van der Waals surface area (Å²) in [7, 11) is 3.93. The molecule has 0 unspecified atom stereocenters. The van der Waals surface area contributed by atoms with Gasteiger partial charge in [0.15, 0.2) is 11.8 Å². The first-order valence-electron chi connectivity index (χ1n) is 13.3. The third-order valence-corrected chi connectivity index (χ3v) is 7.52. The van der Waals surface area contributed by atoms with Crippen molar-refractivity contribution in [1.29, 1.82) is 0 Å². The standard InChI is InChI=1S/C32H27ClFN5O4S/c1-38(2)26-12-5-21(6-13-26)18-35-37-32-39(19-27-4-3-15-42-27)31(41)29(44-32)17-22-16-23(33)7-14-28(22)43-20-30(40)36-25-10-8-24(34)9-11-25/h3-18H,19-20H2,1-2H3,(H,36,40)/b29-17-,35-18-,37-32+. The first-order valence-corrected chi connectivity index (χ1v) is 14.5. The van der Waals surface area contributed by atoms with Crippen molar-refractivity contribution in [2.75, 3.05) is 30.9 Å². The number of furan rings is 1. The van der Waals surface area contributed by atoms with Crippen molar-refractivity contribution in [3.63, 3.8) is 0 Å². The molecule has 44 heavy (non-hydrogen) atoms. The van der Waals surface area contributed by atoms with E-state index in [1.165, 1.54) is 35.4 Å². The Labute approximate surface area is 262 Å². The summed E-state index contributed by atoms with van der Waals surface area (Å²) in [6.07, 6.45) is 4.78. The fourth-order valence-corrected chi connectivity index (χ4v) is 5.17. The lowest BCUT2D eigenvalue weighted by molar-refractivity contribution is -0.122.